The number of nitrogens with one attached hydrogen (secondary N) is 13. The van der Waals surface area contributed by atoms with Crippen molar-refractivity contribution < 1.29 is 63.3 Å². The van der Waals surface area contributed by atoms with Gasteiger partial charge in [-0.2, -0.15) is 0 Å². The Morgan fingerprint density at radius 3 is 1.05 bits per heavy atom. The molecule has 0 bridgehead atoms. The smallest absolute Gasteiger partial charge is 0.245 e. The van der Waals surface area contributed by atoms with Gasteiger partial charge in [-0.1, -0.05) is 103 Å². The fourth-order valence-corrected chi connectivity index (χ4v) is 12.9. The molecular formula is C76H82N16O13. The van der Waals surface area contributed by atoms with Crippen LogP contribution in [0.25, 0.3) is 54.5 Å². The first-order valence-electron chi connectivity index (χ1n) is 34.2. The van der Waals surface area contributed by atoms with Crippen molar-refractivity contribution in [2.24, 2.45) is 17.2 Å². The molecule has 105 heavy (non-hydrogen) atoms. The van der Waals surface area contributed by atoms with Gasteiger partial charge in [-0.05, 0) is 95.6 Å². The quantitative estimate of drug-likeness (QED) is 0.0274. The maximum atomic E-state index is 15.5. The van der Waals surface area contributed by atoms with Gasteiger partial charge in [-0.15, -0.1) is 0 Å². The number of carbonyl (C=O) groups excluding carboxylic acids is 10. The number of H-pyrrole nitrogens is 5. The molecule has 0 spiro atoms. The first-order chi connectivity index (χ1) is 50.6. The van der Waals surface area contributed by atoms with Crippen LogP contribution in [0.15, 0.2) is 177 Å². The van der Waals surface area contributed by atoms with Crippen molar-refractivity contribution in [1.82, 2.24) is 67.5 Å². The van der Waals surface area contributed by atoms with E-state index in [0.29, 0.717) is 49.6 Å². The molecule has 0 aliphatic heterocycles. The summed E-state index contributed by atoms with van der Waals surface area (Å²) in [7, 11) is 0. The number of nitrogens with two attached hydrogens (primary N) is 3. The second-order valence-electron chi connectivity index (χ2n) is 26.0. The molecular weight excluding hydrogens is 1340 g/mol. The van der Waals surface area contributed by atoms with Crippen LogP contribution in [0.5, 0.6) is 5.75 Å². The van der Waals surface area contributed by atoms with Gasteiger partial charge in [0.25, 0.3) is 0 Å². The fraction of sp³-hybridized carbons (Fsp3) is 0.263. The van der Waals surface area contributed by atoms with E-state index in [1.807, 2.05) is 60.7 Å². The van der Waals surface area contributed by atoms with Crippen LogP contribution in [0.3, 0.4) is 0 Å². The Balaban J connectivity index is 0.851. The van der Waals surface area contributed by atoms with Crippen molar-refractivity contribution in [3.63, 3.8) is 0 Å². The SMILES string of the molecule is C[C@@H](O)[C@H](NC(=O)[C@H](Cc1c[nH]c2ccccc12)NC(=O)[C@H](Cc1c[nH]c2ccccc12)NC(=O)[C@H](Cc1ccc(O)cc1)NC(=O)[C@H](CO)NC(=O)[C@H](Cc1c[nH]c2ccccc12)NC(=O)[C@@H](N)Cc1c[nH]c2ccccc12)C(=O)N[C@@H](CCC(N)=O)C(=O)N[C@@H](Cc1c[nH]c2ccccc12)C(N)=O. The summed E-state index contributed by atoms with van der Waals surface area (Å²) in [6, 6.07) is 27.9. The molecule has 22 N–H and O–H groups in total. The molecule has 0 aliphatic carbocycles. The van der Waals surface area contributed by atoms with Crippen LogP contribution in [-0.4, -0.2) is 166 Å². The van der Waals surface area contributed by atoms with E-state index in [0.717, 1.165) is 38.3 Å². The number of phenols is 1. The average Bonchev–Trinajstić information content (AvgIpc) is 1.72. The molecule has 0 radical (unpaired) electrons. The molecule has 0 saturated heterocycles. The highest BCUT2D eigenvalue weighted by Crippen LogP contribution is 2.26. The molecule has 544 valence electrons. The third-order valence-electron chi connectivity index (χ3n) is 18.6. The summed E-state index contributed by atoms with van der Waals surface area (Å²) in [6.45, 7) is 0.170. The largest absolute Gasteiger partial charge is 0.508 e. The lowest BCUT2D eigenvalue weighted by Crippen LogP contribution is -2.62. The Bertz CT molecular complexity index is 5000. The lowest BCUT2D eigenvalue weighted by molar-refractivity contribution is -0.137. The average molecular weight is 1430 g/mol. The van der Waals surface area contributed by atoms with E-state index in [9.17, 15) is 48.9 Å². The highest BCUT2D eigenvalue weighted by atomic mass is 16.3. The Labute approximate surface area is 600 Å². The Morgan fingerprint density at radius 1 is 0.371 bits per heavy atom. The summed E-state index contributed by atoms with van der Waals surface area (Å²) in [5.74, 6) is -9.61. The number of aliphatic hydroxyl groups excluding tert-OH is 2. The molecule has 0 saturated carbocycles. The van der Waals surface area contributed by atoms with E-state index in [-0.39, 0.29) is 44.3 Å². The van der Waals surface area contributed by atoms with Gasteiger partial charge in [0.05, 0.1) is 18.8 Å². The third-order valence-corrected chi connectivity index (χ3v) is 18.6. The van der Waals surface area contributed by atoms with E-state index in [2.05, 4.69) is 67.5 Å². The topological polar surface area (TPSA) is 485 Å². The Kier molecular flexibility index (Phi) is 23.5. The molecule has 0 fully saturated rings. The number of aromatic amines is 5. The van der Waals surface area contributed by atoms with Crippen molar-refractivity contribution in [3.8, 4) is 5.75 Å². The number of aromatic hydroxyl groups is 1. The van der Waals surface area contributed by atoms with Crippen LogP contribution in [0.1, 0.15) is 53.1 Å². The van der Waals surface area contributed by atoms with Gasteiger partial charge in [-0.3, -0.25) is 47.9 Å². The van der Waals surface area contributed by atoms with Gasteiger partial charge < -0.3 is 100.0 Å². The Hall–Kier alpha value is -12.6. The number of fused-ring (bicyclic) bond motifs is 5. The van der Waals surface area contributed by atoms with Crippen molar-refractivity contribution >= 4 is 114 Å². The standard InChI is InChI=1S/C76H82N16O13/c1-40(94)67(76(105)85-59(26-27-66(78)96)70(99)86-60(68(79)97)30-43-35-81-55-18-8-3-13-49(43)55)92-74(103)64(33-46-38-84-58-21-11-6-16-52(46)58)90-72(101)63(32-45-37-83-57-20-10-5-15-51(45)57)89-71(100)61(28-41-22-24-47(95)25-23-41)88-75(104)65(39-93)91-73(102)62(31-44-36-82-56-19-9-4-14-50(44)56)87-69(98)53(77)29-42-34-80-54-17-7-2-12-48(42)54/h2-25,34-38,40,53,59-65,67,80-84,93-95H,26-33,39,77H2,1H3,(H2,78,96)(H2,79,97)(H,85,105)(H,86,99)(H,87,98)(H,88,104)(H,89,100)(H,90,101)(H,91,102)(H,92,103)/t40-,53+,59+,60+,61+,62+,63+,64+,65+,67+/m1/s1. The van der Waals surface area contributed by atoms with E-state index in [1.54, 1.807) is 91.6 Å². The number of carbonyl (C=O) groups is 10. The number of phenolic OH excluding ortho intramolecular Hbond substituents is 1. The molecule has 0 unspecified atom stereocenters. The second-order valence-corrected chi connectivity index (χ2v) is 26.0. The summed E-state index contributed by atoms with van der Waals surface area (Å²) in [5, 5.41) is 57.3. The first-order valence-corrected chi connectivity index (χ1v) is 34.2. The molecule has 11 aromatic rings. The maximum absolute atomic E-state index is 15.5. The van der Waals surface area contributed by atoms with Crippen LogP contribution >= 0.6 is 0 Å². The molecule has 10 amide bonds. The molecule has 0 aliphatic rings. The fourth-order valence-electron chi connectivity index (χ4n) is 12.9. The summed E-state index contributed by atoms with van der Waals surface area (Å²) in [5.41, 5.74) is 24.9. The number of amides is 10. The minimum absolute atomic E-state index is 0.0717. The summed E-state index contributed by atoms with van der Waals surface area (Å²) in [4.78, 5) is 159. The van der Waals surface area contributed by atoms with Gasteiger partial charge in [0.2, 0.25) is 59.1 Å². The number of aromatic nitrogens is 5. The zero-order chi connectivity index (χ0) is 74.4. The van der Waals surface area contributed by atoms with Crippen molar-refractivity contribution in [2.75, 3.05) is 6.61 Å². The summed E-state index contributed by atoms with van der Waals surface area (Å²) in [6.07, 6.45) is 4.85. The number of benzene rings is 6. The zero-order valence-electron chi connectivity index (χ0n) is 57.0. The van der Waals surface area contributed by atoms with Crippen LogP contribution in [0.4, 0.5) is 0 Å². The van der Waals surface area contributed by atoms with Crippen LogP contribution in [-0.2, 0) is 86.5 Å². The lowest BCUT2D eigenvalue weighted by Gasteiger charge is -2.29. The highest BCUT2D eigenvalue weighted by Gasteiger charge is 2.38. The molecule has 29 nitrogen and oxygen atoms in total. The van der Waals surface area contributed by atoms with Crippen molar-refractivity contribution in [3.05, 3.63) is 210 Å². The first kappa shape index (κ1) is 73.6. The van der Waals surface area contributed by atoms with Gasteiger partial charge in [0.15, 0.2) is 0 Å². The number of para-hydroxylation sites is 5. The predicted molar refractivity (Wildman–Crippen MR) is 392 cm³/mol. The molecule has 5 aromatic heterocycles. The molecule has 6 aromatic carbocycles. The van der Waals surface area contributed by atoms with Crippen LogP contribution in [0, 0.1) is 0 Å². The Morgan fingerprint density at radius 2 is 0.676 bits per heavy atom. The molecule has 29 heteroatoms. The minimum Gasteiger partial charge on any atom is -0.508 e. The van der Waals surface area contributed by atoms with Crippen molar-refractivity contribution in [1.29, 1.82) is 0 Å². The minimum atomic E-state index is -1.87. The van der Waals surface area contributed by atoms with Crippen LogP contribution < -0.4 is 59.7 Å². The van der Waals surface area contributed by atoms with Crippen LogP contribution in [0.2, 0.25) is 0 Å². The van der Waals surface area contributed by atoms with Crippen molar-refractivity contribution in [2.45, 2.75) is 119 Å². The molecule has 11 rings (SSSR count). The molecule has 10 atom stereocenters. The third kappa shape index (κ3) is 18.2. The molecule has 5 heterocycles. The summed E-state index contributed by atoms with van der Waals surface area (Å²) < 4.78 is 0. The maximum Gasteiger partial charge on any atom is 0.245 e. The number of aliphatic hydroxyl groups is 2. The highest BCUT2D eigenvalue weighted by molar-refractivity contribution is 6.00. The van der Waals surface area contributed by atoms with E-state index < -0.39 is 139 Å². The van der Waals surface area contributed by atoms with Gasteiger partial charge in [-0.25, -0.2) is 0 Å². The summed E-state index contributed by atoms with van der Waals surface area (Å²) >= 11 is 0. The monoisotopic (exact) mass is 1430 g/mol. The number of rotatable bonds is 34. The number of primary amides is 2. The van der Waals surface area contributed by atoms with Gasteiger partial charge in [0, 0.05) is 124 Å². The number of hydrogen-bond acceptors (Lipinski definition) is 14. The predicted octanol–water partition coefficient (Wildman–Crippen LogP) is 1.88. The number of hydrogen-bond donors (Lipinski definition) is 19. The van der Waals surface area contributed by atoms with E-state index in [4.69, 9.17) is 17.2 Å². The van der Waals surface area contributed by atoms with E-state index >= 15 is 14.4 Å². The second kappa shape index (κ2) is 33.5. The van der Waals surface area contributed by atoms with Gasteiger partial charge >= 0.3 is 0 Å². The lowest BCUT2D eigenvalue weighted by atomic mass is 10.00. The zero-order valence-corrected chi connectivity index (χ0v) is 57.0. The van der Waals surface area contributed by atoms with Gasteiger partial charge in [0.1, 0.15) is 54.1 Å². The van der Waals surface area contributed by atoms with E-state index in [1.165, 1.54) is 31.2 Å². The normalized spacial score (nSPS) is 14.4.